The van der Waals surface area contributed by atoms with Crippen molar-refractivity contribution >= 4 is 27.2 Å². The van der Waals surface area contributed by atoms with E-state index in [2.05, 4.69) is 65.2 Å². The minimum atomic E-state index is 1.21. The van der Waals surface area contributed by atoms with Gasteiger partial charge < -0.3 is 0 Å². The lowest BCUT2D eigenvalue weighted by Gasteiger charge is -2.01. The second kappa shape index (κ2) is 3.33. The number of nitrogens with one attached hydrogen (secondary N) is 1. The Morgan fingerprint density at radius 1 is 0.889 bits per heavy atom. The number of aromatic nitrogens is 2. The number of H-pyrrole nitrogens is 1. The van der Waals surface area contributed by atoms with E-state index in [9.17, 15) is 0 Å². The Morgan fingerprint density at radius 2 is 1.67 bits per heavy atom. The SMILES string of the molecule is Cc1cc2c([nH][n+]3ccccc23)c2ccccc12. The van der Waals surface area contributed by atoms with E-state index in [0.29, 0.717) is 0 Å². The van der Waals surface area contributed by atoms with Crippen LogP contribution in [0.2, 0.25) is 0 Å². The molecule has 2 heteroatoms. The molecule has 2 aromatic heterocycles. The van der Waals surface area contributed by atoms with Crippen LogP contribution in [0.1, 0.15) is 5.56 Å². The van der Waals surface area contributed by atoms with Crippen molar-refractivity contribution in [3.05, 3.63) is 60.3 Å². The summed E-state index contributed by atoms with van der Waals surface area (Å²) in [6, 6.07) is 17.1. The zero-order valence-corrected chi connectivity index (χ0v) is 10.1. The lowest BCUT2D eigenvalue weighted by atomic mass is 10.0. The molecule has 0 saturated heterocycles. The van der Waals surface area contributed by atoms with Crippen LogP contribution in [0.25, 0.3) is 27.2 Å². The molecule has 0 aliphatic rings. The van der Waals surface area contributed by atoms with E-state index in [0.717, 1.165) is 0 Å². The molecule has 4 rings (SSSR count). The van der Waals surface area contributed by atoms with Crippen molar-refractivity contribution in [3.63, 3.8) is 0 Å². The molecule has 0 atom stereocenters. The van der Waals surface area contributed by atoms with Crippen molar-refractivity contribution < 1.29 is 4.52 Å². The van der Waals surface area contributed by atoms with Gasteiger partial charge in [-0.25, -0.2) is 0 Å². The van der Waals surface area contributed by atoms with E-state index in [1.807, 2.05) is 6.07 Å². The average Bonchev–Trinajstić information content (AvgIpc) is 2.78. The molecule has 4 aromatic rings. The Morgan fingerprint density at radius 3 is 2.56 bits per heavy atom. The smallest absolute Gasteiger partial charge is 0.159 e. The number of hydrogen-bond donors (Lipinski definition) is 1. The normalized spacial score (nSPS) is 11.6. The summed E-state index contributed by atoms with van der Waals surface area (Å²) in [5, 5.41) is 7.35. The molecule has 0 aliphatic heterocycles. The van der Waals surface area contributed by atoms with Crippen molar-refractivity contribution in [1.29, 1.82) is 0 Å². The minimum absolute atomic E-state index is 1.21. The van der Waals surface area contributed by atoms with Gasteiger partial charge in [-0.2, -0.15) is 5.10 Å². The summed E-state index contributed by atoms with van der Waals surface area (Å²) in [5.74, 6) is 0. The molecule has 86 valence electrons. The minimum Gasteiger partial charge on any atom is -0.159 e. The van der Waals surface area contributed by atoms with Crippen molar-refractivity contribution in [2.45, 2.75) is 6.92 Å². The molecule has 0 amide bonds. The number of hydrogen-bond acceptors (Lipinski definition) is 0. The molecule has 2 nitrogen and oxygen atoms in total. The highest BCUT2D eigenvalue weighted by atomic mass is 15.2. The first-order valence-electron chi connectivity index (χ1n) is 6.15. The summed E-state index contributed by atoms with van der Waals surface area (Å²) < 4.78 is 2.08. The fourth-order valence-electron chi connectivity index (χ4n) is 2.76. The molecule has 2 heterocycles. The average molecular weight is 233 g/mol. The largest absolute Gasteiger partial charge is 0.245 e. The lowest BCUT2D eigenvalue weighted by Crippen LogP contribution is -2.20. The van der Waals surface area contributed by atoms with Crippen LogP contribution >= 0.6 is 0 Å². The molecule has 0 fully saturated rings. The van der Waals surface area contributed by atoms with Gasteiger partial charge in [-0.05, 0) is 30.0 Å². The molecule has 2 aromatic carbocycles. The molecule has 0 radical (unpaired) electrons. The third-order valence-electron chi connectivity index (χ3n) is 3.62. The second-order valence-corrected chi connectivity index (χ2v) is 4.73. The van der Waals surface area contributed by atoms with Gasteiger partial charge in [-0.1, -0.05) is 28.8 Å². The van der Waals surface area contributed by atoms with Crippen LogP contribution in [-0.4, -0.2) is 5.10 Å². The molecular formula is C16H13N2+. The predicted octanol–water partition coefficient (Wildman–Crippen LogP) is 3.37. The highest BCUT2D eigenvalue weighted by Gasteiger charge is 2.14. The molecule has 0 spiro atoms. The summed E-state index contributed by atoms with van der Waals surface area (Å²) in [7, 11) is 0. The van der Waals surface area contributed by atoms with Crippen molar-refractivity contribution in [2.24, 2.45) is 0 Å². The number of aryl methyl sites for hydroxylation is 1. The molecule has 0 aliphatic carbocycles. The fourth-order valence-corrected chi connectivity index (χ4v) is 2.76. The Hall–Kier alpha value is -2.35. The summed E-state index contributed by atoms with van der Waals surface area (Å²) in [5.41, 5.74) is 3.76. The molecule has 1 N–H and O–H groups in total. The van der Waals surface area contributed by atoms with Gasteiger partial charge in [0.15, 0.2) is 0 Å². The highest BCUT2D eigenvalue weighted by Crippen LogP contribution is 2.28. The number of nitrogens with zero attached hydrogens (tertiary/aromatic N) is 1. The maximum atomic E-state index is 3.46. The first kappa shape index (κ1) is 9.66. The van der Waals surface area contributed by atoms with Crippen LogP contribution in [0, 0.1) is 6.92 Å². The zero-order valence-electron chi connectivity index (χ0n) is 10.1. The third-order valence-corrected chi connectivity index (χ3v) is 3.62. The van der Waals surface area contributed by atoms with Crippen LogP contribution in [0.3, 0.4) is 0 Å². The molecule has 18 heavy (non-hydrogen) atoms. The van der Waals surface area contributed by atoms with Crippen LogP contribution in [0.5, 0.6) is 0 Å². The second-order valence-electron chi connectivity index (χ2n) is 4.73. The topological polar surface area (TPSA) is 19.9 Å². The van der Waals surface area contributed by atoms with E-state index in [-0.39, 0.29) is 0 Å². The Balaban J connectivity index is 2.36. The number of rotatable bonds is 0. The molecule has 0 bridgehead atoms. The zero-order chi connectivity index (χ0) is 12.1. The summed E-state index contributed by atoms with van der Waals surface area (Å²) in [6.45, 7) is 2.17. The Labute approximate surface area is 104 Å². The number of fused-ring (bicyclic) bond motifs is 5. The lowest BCUT2D eigenvalue weighted by molar-refractivity contribution is -0.574. The quantitative estimate of drug-likeness (QED) is 0.449. The van der Waals surface area contributed by atoms with Gasteiger partial charge >= 0.3 is 0 Å². The molecular weight excluding hydrogens is 220 g/mol. The predicted molar refractivity (Wildman–Crippen MR) is 73.7 cm³/mol. The van der Waals surface area contributed by atoms with E-state index < -0.39 is 0 Å². The monoisotopic (exact) mass is 233 g/mol. The van der Waals surface area contributed by atoms with Gasteiger partial charge in [0.25, 0.3) is 0 Å². The van der Waals surface area contributed by atoms with Gasteiger partial charge in [0.2, 0.25) is 11.7 Å². The number of aromatic amines is 1. The van der Waals surface area contributed by atoms with Gasteiger partial charge in [0.05, 0.1) is 5.39 Å². The van der Waals surface area contributed by atoms with Gasteiger partial charge in [-0.3, -0.25) is 0 Å². The third kappa shape index (κ3) is 1.15. The summed E-state index contributed by atoms with van der Waals surface area (Å²) in [4.78, 5) is 0. The number of pyridine rings is 1. The van der Waals surface area contributed by atoms with Gasteiger partial charge in [0, 0.05) is 17.5 Å². The van der Waals surface area contributed by atoms with E-state index in [1.54, 1.807) is 0 Å². The fraction of sp³-hybridized carbons (Fsp3) is 0.0625. The standard InChI is InChI=1S/C16H12N2/c1-11-10-14-15-8-4-5-9-18(15)17-16(14)13-7-3-2-6-12(11)13/h2-10H,1H3/p+1. The van der Waals surface area contributed by atoms with E-state index in [4.69, 9.17) is 0 Å². The first-order chi connectivity index (χ1) is 8.84. The number of benzene rings is 2. The van der Waals surface area contributed by atoms with Crippen LogP contribution in [0.15, 0.2) is 54.7 Å². The molecule has 0 saturated carbocycles. The van der Waals surface area contributed by atoms with Crippen LogP contribution in [-0.2, 0) is 0 Å². The van der Waals surface area contributed by atoms with E-state index >= 15 is 0 Å². The highest BCUT2D eigenvalue weighted by molar-refractivity contribution is 6.10. The van der Waals surface area contributed by atoms with Crippen LogP contribution in [0.4, 0.5) is 0 Å². The van der Waals surface area contributed by atoms with Crippen molar-refractivity contribution in [3.8, 4) is 0 Å². The maximum absolute atomic E-state index is 3.46. The van der Waals surface area contributed by atoms with Gasteiger partial charge in [-0.15, -0.1) is 0 Å². The maximum Gasteiger partial charge on any atom is 0.245 e. The Kier molecular flexibility index (Phi) is 1.78. The van der Waals surface area contributed by atoms with E-state index in [1.165, 1.54) is 32.8 Å². The van der Waals surface area contributed by atoms with Crippen LogP contribution < -0.4 is 4.52 Å². The van der Waals surface area contributed by atoms with Crippen molar-refractivity contribution in [1.82, 2.24) is 5.10 Å². The summed E-state index contributed by atoms with van der Waals surface area (Å²) in [6.07, 6.45) is 2.06. The van der Waals surface area contributed by atoms with Crippen molar-refractivity contribution in [2.75, 3.05) is 0 Å². The Bertz CT molecular complexity index is 887. The van der Waals surface area contributed by atoms with Gasteiger partial charge in [0.1, 0.15) is 5.52 Å². The summed E-state index contributed by atoms with van der Waals surface area (Å²) >= 11 is 0. The molecule has 0 unspecified atom stereocenters. The first-order valence-corrected chi connectivity index (χ1v) is 6.15.